The molecule has 2 N–H and O–H groups in total. The summed E-state index contributed by atoms with van der Waals surface area (Å²) in [6.07, 6.45) is 7.95. The Morgan fingerprint density at radius 1 is 1.27 bits per heavy atom. The number of imidazole rings is 1. The van der Waals surface area contributed by atoms with Crippen LogP contribution in [0.1, 0.15) is 28.7 Å². The van der Waals surface area contributed by atoms with Crippen molar-refractivity contribution in [3.63, 3.8) is 0 Å². The molecule has 0 aromatic carbocycles. The fourth-order valence-corrected chi connectivity index (χ4v) is 2.40. The van der Waals surface area contributed by atoms with E-state index in [-0.39, 0.29) is 11.8 Å². The summed E-state index contributed by atoms with van der Waals surface area (Å²) in [5.41, 5.74) is 1.27. The predicted octanol–water partition coefficient (Wildman–Crippen LogP) is 1.60. The molecule has 0 unspecified atom stereocenters. The lowest BCUT2D eigenvalue weighted by Gasteiger charge is -2.14. The summed E-state index contributed by atoms with van der Waals surface area (Å²) < 4.78 is 6.72. The second kappa shape index (κ2) is 7.64. The zero-order valence-corrected chi connectivity index (χ0v) is 14.5. The molecule has 26 heavy (non-hydrogen) atoms. The molecule has 0 saturated heterocycles. The average molecular weight is 353 g/mol. The van der Waals surface area contributed by atoms with Gasteiger partial charge in [0.1, 0.15) is 23.9 Å². The summed E-state index contributed by atoms with van der Waals surface area (Å²) in [5, 5.41) is 5.43. The minimum Gasteiger partial charge on any atom is -0.472 e. The van der Waals surface area contributed by atoms with Crippen LogP contribution in [0.4, 0.5) is 0 Å². The molecule has 3 aromatic rings. The number of nitrogens with one attached hydrogen (secondary N) is 2. The van der Waals surface area contributed by atoms with Crippen LogP contribution in [0.5, 0.6) is 0 Å². The number of carbonyl (C=O) groups excluding carboxylic acids is 2. The second-order valence-corrected chi connectivity index (χ2v) is 5.79. The molecule has 0 saturated carbocycles. The normalized spacial score (nSPS) is 11.8. The summed E-state index contributed by atoms with van der Waals surface area (Å²) in [6, 6.07) is 4.57. The SMILES string of the molecule is Cc1nccn1-c1cc(CNC(=O)[C@H](C)NC(=O)c2ccoc2)ccn1. The van der Waals surface area contributed by atoms with Crippen LogP contribution < -0.4 is 10.6 Å². The van der Waals surface area contributed by atoms with Crippen molar-refractivity contribution in [1.29, 1.82) is 0 Å². The lowest BCUT2D eigenvalue weighted by Crippen LogP contribution is -2.44. The number of pyridine rings is 1. The molecular formula is C18H19N5O3. The van der Waals surface area contributed by atoms with Gasteiger partial charge < -0.3 is 15.1 Å². The molecule has 0 fully saturated rings. The first-order valence-electron chi connectivity index (χ1n) is 8.10. The van der Waals surface area contributed by atoms with Crippen molar-refractivity contribution in [3.8, 4) is 5.82 Å². The van der Waals surface area contributed by atoms with E-state index in [0.29, 0.717) is 12.1 Å². The molecule has 3 rings (SSSR count). The van der Waals surface area contributed by atoms with Crippen molar-refractivity contribution >= 4 is 11.8 Å². The first kappa shape index (κ1) is 17.4. The summed E-state index contributed by atoms with van der Waals surface area (Å²) >= 11 is 0. The number of amides is 2. The lowest BCUT2D eigenvalue weighted by molar-refractivity contribution is -0.122. The smallest absolute Gasteiger partial charge is 0.255 e. The number of aryl methyl sites for hydroxylation is 1. The maximum atomic E-state index is 12.2. The average Bonchev–Trinajstić information content (AvgIpc) is 3.31. The zero-order valence-electron chi connectivity index (χ0n) is 14.5. The third kappa shape index (κ3) is 3.97. The minimum absolute atomic E-state index is 0.279. The van der Waals surface area contributed by atoms with Gasteiger partial charge in [-0.1, -0.05) is 0 Å². The predicted molar refractivity (Wildman–Crippen MR) is 93.6 cm³/mol. The molecule has 0 aliphatic heterocycles. The van der Waals surface area contributed by atoms with E-state index in [4.69, 9.17) is 4.42 Å². The molecular weight excluding hydrogens is 334 g/mol. The molecule has 0 bridgehead atoms. The molecule has 2 amide bonds. The van der Waals surface area contributed by atoms with Crippen LogP contribution >= 0.6 is 0 Å². The van der Waals surface area contributed by atoms with Gasteiger partial charge >= 0.3 is 0 Å². The minimum atomic E-state index is -0.672. The molecule has 0 aliphatic carbocycles. The largest absolute Gasteiger partial charge is 0.472 e. The number of carbonyl (C=O) groups is 2. The maximum Gasteiger partial charge on any atom is 0.255 e. The molecule has 3 aromatic heterocycles. The Kier molecular flexibility index (Phi) is 5.12. The van der Waals surface area contributed by atoms with Gasteiger partial charge in [-0.05, 0) is 37.6 Å². The monoisotopic (exact) mass is 353 g/mol. The van der Waals surface area contributed by atoms with E-state index in [1.807, 2.05) is 29.8 Å². The Bertz CT molecular complexity index is 901. The van der Waals surface area contributed by atoms with Gasteiger partial charge in [0, 0.05) is 25.1 Å². The second-order valence-electron chi connectivity index (χ2n) is 5.79. The first-order chi connectivity index (χ1) is 12.5. The van der Waals surface area contributed by atoms with Crippen molar-refractivity contribution in [3.05, 3.63) is 66.3 Å². The molecule has 134 valence electrons. The van der Waals surface area contributed by atoms with Crippen molar-refractivity contribution in [2.75, 3.05) is 0 Å². The maximum absolute atomic E-state index is 12.2. The summed E-state index contributed by atoms with van der Waals surface area (Å²) in [4.78, 5) is 32.6. The van der Waals surface area contributed by atoms with Crippen LogP contribution in [0.15, 0.2) is 53.7 Å². The molecule has 1 atom stereocenters. The van der Waals surface area contributed by atoms with Gasteiger partial charge in [0.2, 0.25) is 5.91 Å². The third-order valence-electron chi connectivity index (χ3n) is 3.87. The third-order valence-corrected chi connectivity index (χ3v) is 3.87. The summed E-state index contributed by atoms with van der Waals surface area (Å²) in [5.74, 6) is 0.921. The lowest BCUT2D eigenvalue weighted by atomic mass is 10.2. The molecule has 3 heterocycles. The van der Waals surface area contributed by atoms with E-state index < -0.39 is 6.04 Å². The Labute approximate surface area is 150 Å². The van der Waals surface area contributed by atoms with Crippen molar-refractivity contribution in [2.24, 2.45) is 0 Å². The van der Waals surface area contributed by atoms with Gasteiger partial charge in [0.25, 0.3) is 5.91 Å². The Balaban J connectivity index is 1.57. The number of furan rings is 1. The van der Waals surface area contributed by atoms with Gasteiger partial charge in [-0.15, -0.1) is 0 Å². The highest BCUT2D eigenvalue weighted by Gasteiger charge is 2.17. The molecule has 0 spiro atoms. The summed E-state index contributed by atoms with van der Waals surface area (Å²) in [7, 11) is 0. The van der Waals surface area contributed by atoms with Crippen LogP contribution in [0.25, 0.3) is 5.82 Å². The molecule has 8 nitrogen and oxygen atoms in total. The van der Waals surface area contributed by atoms with Crippen molar-refractivity contribution in [1.82, 2.24) is 25.2 Å². The van der Waals surface area contributed by atoms with E-state index in [0.717, 1.165) is 17.2 Å². The number of nitrogens with zero attached hydrogens (tertiary/aromatic N) is 3. The van der Waals surface area contributed by atoms with Crippen LogP contribution in [0.3, 0.4) is 0 Å². The van der Waals surface area contributed by atoms with Gasteiger partial charge in [-0.25, -0.2) is 9.97 Å². The molecule has 8 heteroatoms. The fourth-order valence-electron chi connectivity index (χ4n) is 2.40. The van der Waals surface area contributed by atoms with E-state index in [1.165, 1.54) is 18.6 Å². The van der Waals surface area contributed by atoms with Crippen LogP contribution in [0.2, 0.25) is 0 Å². The van der Waals surface area contributed by atoms with E-state index >= 15 is 0 Å². The number of hydrogen-bond donors (Lipinski definition) is 2. The molecule has 0 aliphatic rings. The number of hydrogen-bond acceptors (Lipinski definition) is 5. The van der Waals surface area contributed by atoms with Crippen molar-refractivity contribution in [2.45, 2.75) is 26.4 Å². The number of aromatic nitrogens is 3. The highest BCUT2D eigenvalue weighted by molar-refractivity contribution is 5.97. The zero-order chi connectivity index (χ0) is 18.5. The van der Waals surface area contributed by atoms with Crippen LogP contribution in [-0.4, -0.2) is 32.4 Å². The number of rotatable bonds is 6. The highest BCUT2D eigenvalue weighted by Crippen LogP contribution is 2.09. The topological polar surface area (TPSA) is 102 Å². The first-order valence-corrected chi connectivity index (χ1v) is 8.10. The van der Waals surface area contributed by atoms with E-state index in [2.05, 4.69) is 20.6 Å². The fraction of sp³-hybridized carbons (Fsp3) is 0.222. The highest BCUT2D eigenvalue weighted by atomic mass is 16.3. The Morgan fingerprint density at radius 3 is 2.81 bits per heavy atom. The summed E-state index contributed by atoms with van der Waals surface area (Å²) in [6.45, 7) is 3.84. The van der Waals surface area contributed by atoms with E-state index in [9.17, 15) is 9.59 Å². The standard InChI is InChI=1S/C18H19N5O3/c1-12(22-18(25)15-4-8-26-11-15)17(24)21-10-14-3-5-20-16(9-14)23-7-6-19-13(23)2/h3-9,11-12H,10H2,1-2H3,(H,21,24)(H,22,25)/t12-/m0/s1. The Hall–Kier alpha value is -3.42. The van der Waals surface area contributed by atoms with E-state index in [1.54, 1.807) is 19.3 Å². The van der Waals surface area contributed by atoms with Crippen LogP contribution in [-0.2, 0) is 11.3 Å². The molecule has 0 radical (unpaired) electrons. The van der Waals surface area contributed by atoms with Crippen molar-refractivity contribution < 1.29 is 14.0 Å². The van der Waals surface area contributed by atoms with Crippen LogP contribution in [0, 0.1) is 6.92 Å². The quantitative estimate of drug-likeness (QED) is 0.701. The van der Waals surface area contributed by atoms with Gasteiger partial charge in [0.05, 0.1) is 11.8 Å². The van der Waals surface area contributed by atoms with Gasteiger partial charge in [-0.3, -0.25) is 14.2 Å². The van der Waals surface area contributed by atoms with Gasteiger partial charge in [-0.2, -0.15) is 0 Å². The van der Waals surface area contributed by atoms with Gasteiger partial charge in [0.15, 0.2) is 0 Å². The Morgan fingerprint density at radius 2 is 2.12 bits per heavy atom.